The number of hydrogen-bond donors (Lipinski definition) is 2. The van der Waals surface area contributed by atoms with Gasteiger partial charge in [-0.25, -0.2) is 4.98 Å². The van der Waals surface area contributed by atoms with E-state index in [1.54, 1.807) is 6.20 Å². The average Bonchev–Trinajstić information content (AvgIpc) is 2.59. The van der Waals surface area contributed by atoms with Crippen LogP contribution < -0.4 is 10.6 Å². The first-order valence-electron chi connectivity index (χ1n) is 8.01. The molecule has 1 fully saturated rings. The highest BCUT2D eigenvalue weighted by molar-refractivity contribution is 6.30. The zero-order valence-corrected chi connectivity index (χ0v) is 14.1. The fourth-order valence-corrected chi connectivity index (χ4v) is 2.96. The van der Waals surface area contributed by atoms with Gasteiger partial charge in [0, 0.05) is 31.4 Å². The van der Waals surface area contributed by atoms with Gasteiger partial charge >= 0.3 is 0 Å². The summed E-state index contributed by atoms with van der Waals surface area (Å²) in [5.41, 5.74) is 2.22. The van der Waals surface area contributed by atoms with Crippen LogP contribution >= 0.6 is 11.6 Å². The molecule has 2 aromatic rings. The van der Waals surface area contributed by atoms with Gasteiger partial charge in [-0.05, 0) is 36.2 Å². The normalized spacial score (nSPS) is 21.1. The molecule has 4 nitrogen and oxygen atoms in total. The Morgan fingerprint density at radius 3 is 2.70 bits per heavy atom. The van der Waals surface area contributed by atoms with Gasteiger partial charge in [0.05, 0.1) is 17.2 Å². The van der Waals surface area contributed by atoms with Gasteiger partial charge in [0.15, 0.2) is 0 Å². The minimum Gasteiger partial charge on any atom is -0.372 e. The van der Waals surface area contributed by atoms with Crippen LogP contribution in [0.15, 0.2) is 42.6 Å². The van der Waals surface area contributed by atoms with Crippen molar-refractivity contribution in [3.05, 3.63) is 53.2 Å². The molecule has 2 N–H and O–H groups in total. The third-order valence-corrected chi connectivity index (χ3v) is 4.48. The van der Waals surface area contributed by atoms with Gasteiger partial charge in [-0.1, -0.05) is 30.7 Å². The summed E-state index contributed by atoms with van der Waals surface area (Å²) in [5, 5.41) is 7.35. The van der Waals surface area contributed by atoms with E-state index in [9.17, 15) is 0 Å². The molecule has 1 aromatic carbocycles. The second kappa shape index (κ2) is 7.30. The Morgan fingerprint density at radius 2 is 2.09 bits per heavy atom. The molecule has 2 heterocycles. The highest BCUT2D eigenvalue weighted by Gasteiger charge is 2.31. The van der Waals surface area contributed by atoms with Gasteiger partial charge in [0.25, 0.3) is 0 Å². The van der Waals surface area contributed by atoms with E-state index in [4.69, 9.17) is 16.3 Å². The van der Waals surface area contributed by atoms with Crippen LogP contribution in [0.4, 0.5) is 11.5 Å². The molecule has 1 atom stereocenters. The fraction of sp³-hybridized carbons (Fsp3) is 0.389. The number of nitrogens with one attached hydrogen (secondary N) is 2. The van der Waals surface area contributed by atoms with E-state index < -0.39 is 0 Å². The zero-order chi connectivity index (χ0) is 16.1. The number of halogens is 1. The quantitative estimate of drug-likeness (QED) is 0.875. The summed E-state index contributed by atoms with van der Waals surface area (Å²) in [6.45, 7) is 4.84. The monoisotopic (exact) mass is 331 g/mol. The molecule has 1 saturated heterocycles. The van der Waals surface area contributed by atoms with Crippen molar-refractivity contribution in [3.63, 3.8) is 0 Å². The first kappa shape index (κ1) is 16.2. The lowest BCUT2D eigenvalue weighted by Crippen LogP contribution is -2.50. The standard InChI is InChI=1S/C18H22ClN3O/c1-2-18(13-20-9-10-23-18)11-14-3-6-16(7-4-14)22-17-8-5-15(19)12-21-17/h3-8,12,20H,2,9-11,13H2,1H3,(H,21,22)/t18-/m1/s1. The van der Waals surface area contributed by atoms with Crippen molar-refractivity contribution in [2.45, 2.75) is 25.4 Å². The van der Waals surface area contributed by atoms with Gasteiger partial charge in [0.1, 0.15) is 5.82 Å². The number of morpholine rings is 1. The summed E-state index contributed by atoms with van der Waals surface area (Å²) in [6, 6.07) is 12.1. The molecule has 23 heavy (non-hydrogen) atoms. The summed E-state index contributed by atoms with van der Waals surface area (Å²) in [4.78, 5) is 4.24. The number of rotatable bonds is 5. The number of pyridine rings is 1. The van der Waals surface area contributed by atoms with E-state index in [0.29, 0.717) is 5.02 Å². The van der Waals surface area contributed by atoms with E-state index in [1.807, 2.05) is 12.1 Å². The smallest absolute Gasteiger partial charge is 0.130 e. The van der Waals surface area contributed by atoms with Gasteiger partial charge in [-0.15, -0.1) is 0 Å². The Kier molecular flexibility index (Phi) is 5.16. The van der Waals surface area contributed by atoms with E-state index in [1.165, 1.54) is 5.56 Å². The second-order valence-electron chi connectivity index (χ2n) is 5.92. The van der Waals surface area contributed by atoms with Crippen LogP contribution in [0.3, 0.4) is 0 Å². The molecule has 122 valence electrons. The Bertz CT molecular complexity index is 622. The maximum absolute atomic E-state index is 6.06. The van der Waals surface area contributed by atoms with Crippen LogP contribution in [-0.2, 0) is 11.2 Å². The molecule has 0 radical (unpaired) electrons. The van der Waals surface area contributed by atoms with E-state index in [2.05, 4.69) is 46.8 Å². The molecule has 0 aliphatic carbocycles. The summed E-state index contributed by atoms with van der Waals surface area (Å²) in [7, 11) is 0. The van der Waals surface area contributed by atoms with E-state index in [0.717, 1.165) is 44.0 Å². The third kappa shape index (κ3) is 4.22. The summed E-state index contributed by atoms with van der Waals surface area (Å²) >= 11 is 5.85. The van der Waals surface area contributed by atoms with Crippen molar-refractivity contribution in [2.75, 3.05) is 25.0 Å². The van der Waals surface area contributed by atoms with Crippen LogP contribution in [-0.4, -0.2) is 30.3 Å². The second-order valence-corrected chi connectivity index (χ2v) is 6.36. The predicted molar refractivity (Wildman–Crippen MR) is 94.5 cm³/mol. The Balaban J connectivity index is 1.65. The molecule has 0 spiro atoms. The summed E-state index contributed by atoms with van der Waals surface area (Å²) in [6.07, 6.45) is 3.57. The van der Waals surface area contributed by atoms with Gasteiger partial charge in [-0.3, -0.25) is 0 Å². The first-order valence-corrected chi connectivity index (χ1v) is 8.39. The van der Waals surface area contributed by atoms with Crippen molar-refractivity contribution in [2.24, 2.45) is 0 Å². The minimum atomic E-state index is -0.0784. The Labute approximate surface area is 142 Å². The minimum absolute atomic E-state index is 0.0784. The van der Waals surface area contributed by atoms with E-state index in [-0.39, 0.29) is 5.60 Å². The molecule has 0 unspecified atom stereocenters. The zero-order valence-electron chi connectivity index (χ0n) is 13.3. The maximum atomic E-state index is 6.06. The highest BCUT2D eigenvalue weighted by Crippen LogP contribution is 2.25. The number of benzene rings is 1. The van der Waals surface area contributed by atoms with Crippen molar-refractivity contribution in [1.82, 2.24) is 10.3 Å². The summed E-state index contributed by atoms with van der Waals surface area (Å²) in [5.74, 6) is 0.784. The molecule has 1 aromatic heterocycles. The van der Waals surface area contributed by atoms with Crippen LogP contribution in [0.2, 0.25) is 5.02 Å². The molecule has 0 amide bonds. The molecule has 1 aliphatic heterocycles. The van der Waals surface area contributed by atoms with Crippen molar-refractivity contribution in [3.8, 4) is 0 Å². The molecular weight excluding hydrogens is 310 g/mol. The lowest BCUT2D eigenvalue weighted by atomic mass is 9.90. The highest BCUT2D eigenvalue weighted by atomic mass is 35.5. The van der Waals surface area contributed by atoms with Crippen molar-refractivity contribution in [1.29, 1.82) is 0 Å². The molecule has 3 rings (SSSR count). The fourth-order valence-electron chi connectivity index (χ4n) is 2.85. The van der Waals surface area contributed by atoms with Crippen LogP contribution in [0.1, 0.15) is 18.9 Å². The molecule has 0 bridgehead atoms. The lowest BCUT2D eigenvalue weighted by molar-refractivity contribution is -0.0676. The Hall–Kier alpha value is -1.62. The lowest BCUT2D eigenvalue weighted by Gasteiger charge is -2.37. The maximum Gasteiger partial charge on any atom is 0.130 e. The van der Waals surface area contributed by atoms with Crippen LogP contribution in [0.5, 0.6) is 0 Å². The largest absolute Gasteiger partial charge is 0.372 e. The number of aromatic nitrogens is 1. The topological polar surface area (TPSA) is 46.2 Å². The van der Waals surface area contributed by atoms with Gasteiger partial charge in [-0.2, -0.15) is 0 Å². The third-order valence-electron chi connectivity index (χ3n) is 4.26. The molecular formula is C18H22ClN3O. The van der Waals surface area contributed by atoms with Crippen LogP contribution in [0, 0.1) is 0 Å². The molecule has 1 aliphatic rings. The number of nitrogens with zero attached hydrogens (tertiary/aromatic N) is 1. The van der Waals surface area contributed by atoms with Gasteiger partial charge in [0.2, 0.25) is 0 Å². The van der Waals surface area contributed by atoms with Crippen molar-refractivity contribution >= 4 is 23.1 Å². The molecule has 0 saturated carbocycles. The summed E-state index contributed by atoms with van der Waals surface area (Å²) < 4.78 is 6.06. The van der Waals surface area contributed by atoms with E-state index >= 15 is 0 Å². The van der Waals surface area contributed by atoms with Crippen molar-refractivity contribution < 1.29 is 4.74 Å². The Morgan fingerprint density at radius 1 is 1.26 bits per heavy atom. The number of ether oxygens (including phenoxy) is 1. The van der Waals surface area contributed by atoms with Crippen LogP contribution in [0.25, 0.3) is 0 Å². The SMILES string of the molecule is CC[C@@]1(Cc2ccc(Nc3ccc(Cl)cn3)cc2)CNCCO1. The number of hydrogen-bond acceptors (Lipinski definition) is 4. The first-order chi connectivity index (χ1) is 11.2. The van der Waals surface area contributed by atoms with Gasteiger partial charge < -0.3 is 15.4 Å². The average molecular weight is 332 g/mol. The molecule has 5 heteroatoms. The predicted octanol–water partition coefficient (Wildman–Crippen LogP) is 3.79. The number of anilines is 2.